The van der Waals surface area contributed by atoms with Crippen molar-refractivity contribution in [2.45, 2.75) is 69.5 Å². The molecule has 43 heavy (non-hydrogen) atoms. The second-order valence-electron chi connectivity index (χ2n) is 10.6. The Morgan fingerprint density at radius 3 is 2.16 bits per heavy atom. The summed E-state index contributed by atoms with van der Waals surface area (Å²) >= 11 is 25.7. The van der Waals surface area contributed by atoms with Crippen molar-refractivity contribution in [1.82, 2.24) is 10.2 Å². The zero-order valence-corrected chi connectivity index (χ0v) is 27.7. The number of anilines is 1. The van der Waals surface area contributed by atoms with Gasteiger partial charge in [0.25, 0.3) is 10.0 Å². The number of aryl methyl sites for hydroxylation is 1. The average Bonchev–Trinajstić information content (AvgIpc) is 3.47. The number of amides is 2. The first-order valence-electron chi connectivity index (χ1n) is 14.0. The van der Waals surface area contributed by atoms with Crippen LogP contribution in [0.4, 0.5) is 5.69 Å². The van der Waals surface area contributed by atoms with Gasteiger partial charge < -0.3 is 10.2 Å². The van der Waals surface area contributed by atoms with Gasteiger partial charge in [-0.05, 0) is 68.7 Å². The predicted molar refractivity (Wildman–Crippen MR) is 174 cm³/mol. The van der Waals surface area contributed by atoms with Crippen LogP contribution in [0.15, 0.2) is 65.6 Å². The third-order valence-corrected chi connectivity index (χ3v) is 10.6. The molecule has 0 aromatic heterocycles. The van der Waals surface area contributed by atoms with Gasteiger partial charge in [-0.2, -0.15) is 0 Å². The second kappa shape index (κ2) is 14.5. The Balaban J connectivity index is 1.78. The Kier molecular flexibility index (Phi) is 11.3. The van der Waals surface area contributed by atoms with Gasteiger partial charge in [0.05, 0.1) is 15.6 Å². The molecule has 1 saturated carbocycles. The van der Waals surface area contributed by atoms with Crippen LogP contribution in [0.25, 0.3) is 0 Å². The molecule has 1 unspecified atom stereocenters. The van der Waals surface area contributed by atoms with Gasteiger partial charge in [0.1, 0.15) is 12.6 Å². The first-order chi connectivity index (χ1) is 20.4. The van der Waals surface area contributed by atoms with Crippen molar-refractivity contribution in [3.63, 3.8) is 0 Å². The lowest BCUT2D eigenvalue weighted by atomic mass is 10.1. The summed E-state index contributed by atoms with van der Waals surface area (Å²) in [5.41, 5.74) is 1.34. The SMILES string of the molecule is CCC(C(=O)NC1CCCC1)N(Cc1c(Cl)cccc1Cl)C(=O)CN(c1cc(Cl)ccc1Cl)S(=O)(=O)c1ccc(C)cc1. The molecule has 4 rings (SSSR count). The third-order valence-electron chi connectivity index (χ3n) is 7.54. The predicted octanol–water partition coefficient (Wildman–Crippen LogP) is 7.67. The number of carbonyl (C=O) groups is 2. The molecule has 2 amide bonds. The number of carbonyl (C=O) groups excluding carboxylic acids is 2. The molecule has 7 nitrogen and oxygen atoms in total. The van der Waals surface area contributed by atoms with Crippen molar-refractivity contribution < 1.29 is 18.0 Å². The van der Waals surface area contributed by atoms with Gasteiger partial charge in [-0.15, -0.1) is 0 Å². The Morgan fingerprint density at radius 1 is 0.930 bits per heavy atom. The summed E-state index contributed by atoms with van der Waals surface area (Å²) in [7, 11) is -4.31. The van der Waals surface area contributed by atoms with E-state index in [0.29, 0.717) is 15.6 Å². The smallest absolute Gasteiger partial charge is 0.264 e. The molecule has 0 aliphatic heterocycles. The Hall–Kier alpha value is -2.49. The van der Waals surface area contributed by atoms with Crippen LogP contribution < -0.4 is 9.62 Å². The lowest BCUT2D eigenvalue weighted by Crippen LogP contribution is -2.53. The van der Waals surface area contributed by atoms with Crippen LogP contribution in [-0.4, -0.2) is 43.8 Å². The summed E-state index contributed by atoms with van der Waals surface area (Å²) in [6.45, 7) is 2.86. The summed E-state index contributed by atoms with van der Waals surface area (Å²) in [5.74, 6) is -0.962. The number of nitrogens with one attached hydrogen (secondary N) is 1. The van der Waals surface area contributed by atoms with E-state index in [2.05, 4.69) is 5.32 Å². The molecule has 3 aromatic carbocycles. The van der Waals surface area contributed by atoms with E-state index in [1.54, 1.807) is 37.3 Å². The Labute approximate surface area is 273 Å². The minimum atomic E-state index is -4.31. The number of hydrogen-bond donors (Lipinski definition) is 1. The Bertz CT molecular complexity index is 1560. The number of sulfonamides is 1. The van der Waals surface area contributed by atoms with Crippen molar-refractivity contribution in [1.29, 1.82) is 0 Å². The molecule has 0 saturated heterocycles. The quantitative estimate of drug-likeness (QED) is 0.225. The van der Waals surface area contributed by atoms with Gasteiger partial charge in [0.2, 0.25) is 11.8 Å². The van der Waals surface area contributed by atoms with E-state index in [-0.39, 0.29) is 45.5 Å². The summed E-state index contributed by atoms with van der Waals surface area (Å²) < 4.78 is 29.1. The highest BCUT2D eigenvalue weighted by Crippen LogP contribution is 2.34. The van der Waals surface area contributed by atoms with E-state index in [1.807, 2.05) is 6.92 Å². The first-order valence-corrected chi connectivity index (χ1v) is 16.9. The second-order valence-corrected chi connectivity index (χ2v) is 14.1. The average molecular weight is 686 g/mol. The maximum Gasteiger partial charge on any atom is 0.264 e. The molecule has 1 N–H and O–H groups in total. The van der Waals surface area contributed by atoms with Gasteiger partial charge in [-0.3, -0.25) is 13.9 Å². The van der Waals surface area contributed by atoms with E-state index in [1.165, 1.54) is 35.2 Å². The first kappa shape index (κ1) is 33.4. The maximum absolute atomic E-state index is 14.3. The molecule has 0 bridgehead atoms. The van der Waals surface area contributed by atoms with Crippen LogP contribution in [0.5, 0.6) is 0 Å². The summed E-state index contributed by atoms with van der Waals surface area (Å²) in [4.78, 5) is 29.2. The molecule has 1 atom stereocenters. The zero-order chi connectivity index (χ0) is 31.3. The van der Waals surface area contributed by atoms with Crippen molar-refractivity contribution in [3.8, 4) is 0 Å². The number of hydrogen-bond acceptors (Lipinski definition) is 4. The number of rotatable bonds is 11. The summed E-state index contributed by atoms with van der Waals surface area (Å²) in [5, 5.41) is 4.03. The van der Waals surface area contributed by atoms with Gasteiger partial charge >= 0.3 is 0 Å². The van der Waals surface area contributed by atoms with E-state index >= 15 is 0 Å². The van der Waals surface area contributed by atoms with Crippen LogP contribution in [0.1, 0.15) is 50.2 Å². The van der Waals surface area contributed by atoms with Crippen LogP contribution in [0.2, 0.25) is 20.1 Å². The van der Waals surface area contributed by atoms with Crippen LogP contribution in [0.3, 0.4) is 0 Å². The standard InChI is InChI=1S/C31H33Cl4N3O4S/c1-3-28(31(40)36-22-7-4-5-8-22)37(18-24-25(33)9-6-10-26(24)34)30(39)19-38(29-17-21(32)13-16-27(29)35)43(41,42)23-14-11-20(2)12-15-23/h6,9-17,22,28H,3-5,7-8,18-19H2,1-2H3,(H,36,40). The van der Waals surface area contributed by atoms with Crippen LogP contribution in [-0.2, 0) is 26.2 Å². The molecule has 12 heteroatoms. The van der Waals surface area contributed by atoms with Gasteiger partial charge in [-0.1, -0.05) is 89.9 Å². The maximum atomic E-state index is 14.3. The van der Waals surface area contributed by atoms with Gasteiger partial charge in [0, 0.05) is 33.2 Å². The topological polar surface area (TPSA) is 86.8 Å². The third kappa shape index (κ3) is 7.97. The molecule has 0 radical (unpaired) electrons. The van der Waals surface area contributed by atoms with Gasteiger partial charge in [0.15, 0.2) is 0 Å². The fourth-order valence-corrected chi connectivity index (χ4v) is 7.55. The number of benzene rings is 3. The monoisotopic (exact) mass is 683 g/mol. The van der Waals surface area contributed by atoms with Crippen LogP contribution in [0, 0.1) is 6.92 Å². The van der Waals surface area contributed by atoms with Crippen molar-refractivity contribution in [3.05, 3.63) is 91.9 Å². The van der Waals surface area contributed by atoms with Gasteiger partial charge in [-0.25, -0.2) is 8.42 Å². The van der Waals surface area contributed by atoms with Crippen LogP contribution >= 0.6 is 46.4 Å². The molecule has 230 valence electrons. The fourth-order valence-electron chi connectivity index (χ4n) is 5.17. The zero-order valence-electron chi connectivity index (χ0n) is 23.8. The normalized spacial score (nSPS) is 14.4. The molecular weight excluding hydrogens is 652 g/mol. The summed E-state index contributed by atoms with van der Waals surface area (Å²) in [6, 6.07) is 14.7. The number of halogens is 4. The number of nitrogens with zero attached hydrogens (tertiary/aromatic N) is 2. The van der Waals surface area contributed by atoms with Crippen molar-refractivity contribution in [2.24, 2.45) is 0 Å². The fraction of sp³-hybridized carbons (Fsp3) is 0.355. The van der Waals surface area contributed by atoms with E-state index < -0.39 is 28.5 Å². The van der Waals surface area contributed by atoms with E-state index in [4.69, 9.17) is 46.4 Å². The van der Waals surface area contributed by atoms with Crippen molar-refractivity contribution in [2.75, 3.05) is 10.8 Å². The van der Waals surface area contributed by atoms with E-state index in [0.717, 1.165) is 35.6 Å². The van der Waals surface area contributed by atoms with E-state index in [9.17, 15) is 18.0 Å². The summed E-state index contributed by atoms with van der Waals surface area (Å²) in [6.07, 6.45) is 4.04. The molecule has 0 spiro atoms. The molecule has 1 fully saturated rings. The molecule has 3 aromatic rings. The lowest BCUT2D eigenvalue weighted by molar-refractivity contribution is -0.140. The molecule has 1 aliphatic carbocycles. The highest BCUT2D eigenvalue weighted by Gasteiger charge is 2.35. The highest BCUT2D eigenvalue weighted by molar-refractivity contribution is 7.92. The molecule has 0 heterocycles. The molecular formula is C31H33Cl4N3O4S. The molecule has 1 aliphatic rings. The van der Waals surface area contributed by atoms with Crippen molar-refractivity contribution >= 4 is 73.9 Å². The minimum absolute atomic E-state index is 0.0195. The largest absolute Gasteiger partial charge is 0.352 e. The highest BCUT2D eigenvalue weighted by atomic mass is 35.5. The lowest BCUT2D eigenvalue weighted by Gasteiger charge is -2.34. The minimum Gasteiger partial charge on any atom is -0.352 e. The Morgan fingerprint density at radius 2 is 1.56 bits per heavy atom.